The summed E-state index contributed by atoms with van der Waals surface area (Å²) in [6.07, 6.45) is 2.14. The molecule has 0 fully saturated rings. The Morgan fingerprint density at radius 3 is 2.13 bits per heavy atom. The van der Waals surface area contributed by atoms with Gasteiger partial charge in [-0.15, -0.1) is 0 Å². The van der Waals surface area contributed by atoms with E-state index < -0.39 is 0 Å². The normalized spacial score (nSPS) is 14.7. The monoisotopic (exact) mass is 230 g/mol. The largest absolute Gasteiger partial charge is 0.393 e. The molecule has 4 heteroatoms. The lowest BCUT2D eigenvalue weighted by molar-refractivity contribution is -0.123. The summed E-state index contributed by atoms with van der Waals surface area (Å²) >= 11 is 4.79. The summed E-state index contributed by atoms with van der Waals surface area (Å²) < 4.78 is 0. The van der Waals surface area contributed by atoms with Crippen molar-refractivity contribution in [2.75, 3.05) is 0 Å². The number of nitrogens with one attached hydrogen (secondary N) is 1. The summed E-state index contributed by atoms with van der Waals surface area (Å²) in [5.41, 5.74) is 5.42. The Morgan fingerprint density at radius 1 is 1.33 bits per heavy atom. The Hall–Kier alpha value is -0.640. The average molecular weight is 230 g/mol. The van der Waals surface area contributed by atoms with Crippen molar-refractivity contribution in [1.82, 2.24) is 5.32 Å². The Kier molecular flexibility index (Phi) is 6.48. The number of hydrogen-bond acceptors (Lipinski definition) is 2. The molecular formula is C11H22N2OS. The Morgan fingerprint density at radius 2 is 1.80 bits per heavy atom. The van der Waals surface area contributed by atoms with Crippen molar-refractivity contribution in [3.63, 3.8) is 0 Å². The third-order valence-corrected chi connectivity index (χ3v) is 3.30. The van der Waals surface area contributed by atoms with Crippen molar-refractivity contribution < 1.29 is 4.79 Å². The molecule has 0 aliphatic rings. The zero-order valence-electron chi connectivity index (χ0n) is 10.0. The second-order valence-corrected chi connectivity index (χ2v) is 4.47. The van der Waals surface area contributed by atoms with E-state index in [-0.39, 0.29) is 22.9 Å². The van der Waals surface area contributed by atoms with Crippen LogP contribution in [0.3, 0.4) is 0 Å². The van der Waals surface area contributed by atoms with Crippen molar-refractivity contribution in [2.45, 2.75) is 46.6 Å². The van der Waals surface area contributed by atoms with Gasteiger partial charge in [0.2, 0.25) is 5.91 Å². The first-order chi connectivity index (χ1) is 6.93. The number of thiocarbonyl (C=S) groups is 1. The number of hydrogen-bond donors (Lipinski definition) is 2. The molecule has 0 aromatic rings. The second kappa shape index (κ2) is 6.77. The number of carbonyl (C=O) groups excluding carboxylic acids is 1. The SMILES string of the molecule is CCC(CC)C(C)NC(=O)C(C)C(N)=S. The predicted molar refractivity (Wildman–Crippen MR) is 67.6 cm³/mol. The molecule has 0 saturated heterocycles. The minimum absolute atomic E-state index is 0.0677. The summed E-state index contributed by atoms with van der Waals surface area (Å²) in [5, 5.41) is 2.96. The molecule has 0 rings (SSSR count). The van der Waals surface area contributed by atoms with Crippen LogP contribution in [-0.4, -0.2) is 16.9 Å². The highest BCUT2D eigenvalue weighted by Crippen LogP contribution is 2.13. The van der Waals surface area contributed by atoms with E-state index >= 15 is 0 Å². The number of nitrogens with two attached hydrogens (primary N) is 1. The average Bonchev–Trinajstić information content (AvgIpc) is 2.18. The molecule has 0 spiro atoms. The third kappa shape index (κ3) is 4.60. The molecule has 0 saturated carbocycles. The quantitative estimate of drug-likeness (QED) is 0.685. The van der Waals surface area contributed by atoms with E-state index in [1.807, 2.05) is 6.92 Å². The first-order valence-corrected chi connectivity index (χ1v) is 5.94. The first kappa shape index (κ1) is 14.4. The van der Waals surface area contributed by atoms with Gasteiger partial charge in [-0.3, -0.25) is 4.79 Å². The maximum absolute atomic E-state index is 11.7. The Labute approximate surface area is 97.8 Å². The lowest BCUT2D eigenvalue weighted by Crippen LogP contribution is -2.43. The van der Waals surface area contributed by atoms with Gasteiger partial charge < -0.3 is 11.1 Å². The summed E-state index contributed by atoms with van der Waals surface area (Å²) in [4.78, 5) is 11.9. The van der Waals surface area contributed by atoms with E-state index in [1.165, 1.54) is 0 Å². The maximum atomic E-state index is 11.7. The summed E-state index contributed by atoms with van der Waals surface area (Å²) in [6, 6.07) is 0.185. The van der Waals surface area contributed by atoms with Crippen molar-refractivity contribution in [3.05, 3.63) is 0 Å². The van der Waals surface area contributed by atoms with Crippen LogP contribution >= 0.6 is 12.2 Å². The highest BCUT2D eigenvalue weighted by molar-refractivity contribution is 7.80. The fourth-order valence-electron chi connectivity index (χ4n) is 1.59. The Bertz CT molecular complexity index is 227. The molecule has 88 valence electrons. The molecule has 1 amide bonds. The summed E-state index contributed by atoms with van der Waals surface area (Å²) in [7, 11) is 0. The van der Waals surface area contributed by atoms with Crippen molar-refractivity contribution >= 4 is 23.1 Å². The first-order valence-electron chi connectivity index (χ1n) is 5.53. The van der Waals surface area contributed by atoms with Crippen LogP contribution in [0.4, 0.5) is 0 Å². The van der Waals surface area contributed by atoms with Gasteiger partial charge in [-0.2, -0.15) is 0 Å². The van der Waals surface area contributed by atoms with Gasteiger partial charge >= 0.3 is 0 Å². The van der Waals surface area contributed by atoms with Gasteiger partial charge in [-0.1, -0.05) is 38.9 Å². The fourth-order valence-corrected chi connectivity index (χ4v) is 1.70. The van der Waals surface area contributed by atoms with Crippen molar-refractivity contribution in [3.8, 4) is 0 Å². The van der Waals surface area contributed by atoms with Crippen LogP contribution in [0.1, 0.15) is 40.5 Å². The number of rotatable bonds is 6. The highest BCUT2D eigenvalue weighted by Gasteiger charge is 2.20. The fraction of sp³-hybridized carbons (Fsp3) is 0.818. The van der Waals surface area contributed by atoms with Gasteiger partial charge in [0.15, 0.2) is 0 Å². The van der Waals surface area contributed by atoms with E-state index in [0.717, 1.165) is 12.8 Å². The minimum Gasteiger partial charge on any atom is -0.393 e. The molecule has 0 aromatic heterocycles. The van der Waals surface area contributed by atoms with E-state index in [1.54, 1.807) is 6.92 Å². The molecular weight excluding hydrogens is 208 g/mol. The minimum atomic E-state index is -0.378. The van der Waals surface area contributed by atoms with Gasteiger partial charge in [0.1, 0.15) is 0 Å². The van der Waals surface area contributed by atoms with Crippen LogP contribution in [0.15, 0.2) is 0 Å². The van der Waals surface area contributed by atoms with Gasteiger partial charge in [0, 0.05) is 6.04 Å². The molecule has 2 atom stereocenters. The molecule has 0 aromatic carbocycles. The Balaban J connectivity index is 4.22. The molecule has 0 heterocycles. The summed E-state index contributed by atoms with van der Waals surface area (Å²) in [6.45, 7) is 8.03. The highest BCUT2D eigenvalue weighted by atomic mass is 32.1. The van der Waals surface area contributed by atoms with E-state index in [0.29, 0.717) is 5.92 Å². The topological polar surface area (TPSA) is 55.1 Å². The van der Waals surface area contributed by atoms with Crippen LogP contribution in [0.2, 0.25) is 0 Å². The summed E-state index contributed by atoms with van der Waals surface area (Å²) in [5.74, 6) is 0.0752. The van der Waals surface area contributed by atoms with Crippen LogP contribution in [0, 0.1) is 11.8 Å². The lowest BCUT2D eigenvalue weighted by Gasteiger charge is -2.23. The molecule has 3 nitrogen and oxygen atoms in total. The predicted octanol–water partition coefficient (Wildman–Crippen LogP) is 1.85. The van der Waals surface area contributed by atoms with Gasteiger partial charge in [-0.25, -0.2) is 0 Å². The van der Waals surface area contributed by atoms with Gasteiger partial charge in [0.25, 0.3) is 0 Å². The molecule has 3 N–H and O–H groups in total. The molecule has 0 bridgehead atoms. The standard InChI is InChI=1S/C11H22N2OS/c1-5-9(6-2)8(4)13-11(14)7(3)10(12)15/h7-9H,5-6H2,1-4H3,(H2,12,15)(H,13,14). The van der Waals surface area contributed by atoms with Gasteiger partial charge in [-0.05, 0) is 19.8 Å². The maximum Gasteiger partial charge on any atom is 0.229 e. The third-order valence-electron chi connectivity index (χ3n) is 2.95. The van der Waals surface area contributed by atoms with Crippen LogP contribution < -0.4 is 11.1 Å². The van der Waals surface area contributed by atoms with Gasteiger partial charge in [0.05, 0.1) is 10.9 Å². The second-order valence-electron chi connectivity index (χ2n) is 4.00. The van der Waals surface area contributed by atoms with Crippen molar-refractivity contribution in [2.24, 2.45) is 17.6 Å². The molecule has 0 aliphatic heterocycles. The van der Waals surface area contributed by atoms with E-state index in [2.05, 4.69) is 19.2 Å². The number of amides is 1. The molecule has 2 unspecified atom stereocenters. The van der Waals surface area contributed by atoms with E-state index in [9.17, 15) is 4.79 Å². The zero-order valence-corrected chi connectivity index (χ0v) is 10.9. The molecule has 0 aliphatic carbocycles. The smallest absolute Gasteiger partial charge is 0.229 e. The van der Waals surface area contributed by atoms with Crippen molar-refractivity contribution in [1.29, 1.82) is 0 Å². The molecule has 15 heavy (non-hydrogen) atoms. The number of carbonyl (C=O) groups is 1. The van der Waals surface area contributed by atoms with Crippen LogP contribution in [-0.2, 0) is 4.79 Å². The van der Waals surface area contributed by atoms with Crippen LogP contribution in [0.5, 0.6) is 0 Å². The lowest BCUT2D eigenvalue weighted by atomic mass is 9.95. The van der Waals surface area contributed by atoms with E-state index in [4.69, 9.17) is 18.0 Å². The zero-order chi connectivity index (χ0) is 12.0. The molecule has 0 radical (unpaired) electrons. The van der Waals surface area contributed by atoms with Crippen LogP contribution in [0.25, 0.3) is 0 Å².